The summed E-state index contributed by atoms with van der Waals surface area (Å²) in [7, 11) is 0. The number of carbonyl (C=O) groups is 1. The number of carboxylic acid groups (broad SMARTS) is 1. The van der Waals surface area contributed by atoms with Crippen LogP contribution in [0.15, 0.2) is 35.8 Å². The van der Waals surface area contributed by atoms with E-state index in [1.165, 1.54) is 6.07 Å². The monoisotopic (exact) mass is 303 g/mol. The second-order valence-corrected chi connectivity index (χ2v) is 5.22. The van der Waals surface area contributed by atoms with Crippen LogP contribution in [0.4, 0.5) is 5.69 Å². The van der Waals surface area contributed by atoms with Crippen LogP contribution in [-0.4, -0.2) is 25.6 Å². The Hall–Kier alpha value is -2.74. The number of non-ortho nitro benzene ring substituents is 1. The van der Waals surface area contributed by atoms with Crippen molar-refractivity contribution in [2.24, 2.45) is 0 Å². The highest BCUT2D eigenvalue weighted by molar-refractivity contribution is 7.11. The summed E-state index contributed by atoms with van der Waals surface area (Å²) in [6.07, 6.45) is 1.73. The Morgan fingerprint density at radius 3 is 2.90 bits per heavy atom. The number of hydrogen-bond donors (Lipinski definition) is 1. The Balaban J connectivity index is 1.99. The molecule has 1 N–H and O–H groups in total. The zero-order chi connectivity index (χ0) is 15.0. The van der Waals surface area contributed by atoms with Crippen molar-refractivity contribution in [1.29, 1.82) is 0 Å². The molecular weight excluding hydrogens is 294 g/mol. The molecule has 0 aliphatic heterocycles. The molecule has 0 saturated heterocycles. The summed E-state index contributed by atoms with van der Waals surface area (Å²) in [4.78, 5) is 25.4. The molecule has 3 rings (SSSR count). The molecule has 0 aliphatic carbocycles. The van der Waals surface area contributed by atoms with Crippen LogP contribution < -0.4 is 0 Å². The number of aromatic nitrogens is 2. The molecule has 2 heterocycles. The van der Waals surface area contributed by atoms with Crippen molar-refractivity contribution in [3.63, 3.8) is 0 Å². The molecular formula is C13H9N3O4S. The van der Waals surface area contributed by atoms with E-state index in [0.29, 0.717) is 23.1 Å². The molecule has 0 saturated carbocycles. The quantitative estimate of drug-likeness (QED) is 0.590. The first-order valence-corrected chi connectivity index (χ1v) is 6.84. The number of thiazole rings is 1. The van der Waals surface area contributed by atoms with Gasteiger partial charge in [0.25, 0.3) is 5.69 Å². The third kappa shape index (κ3) is 2.36. The SMILES string of the molecule is O=C(O)c1nc(Cn2ccc3c([N+](=O)[O-])cccc32)cs1. The summed E-state index contributed by atoms with van der Waals surface area (Å²) in [5, 5.41) is 22.1. The fourth-order valence-corrected chi connectivity index (χ4v) is 2.80. The predicted molar refractivity (Wildman–Crippen MR) is 76.8 cm³/mol. The van der Waals surface area contributed by atoms with Gasteiger partial charge in [0, 0.05) is 17.6 Å². The van der Waals surface area contributed by atoms with Gasteiger partial charge in [0.05, 0.1) is 28.1 Å². The Morgan fingerprint density at radius 2 is 2.24 bits per heavy atom. The summed E-state index contributed by atoms with van der Waals surface area (Å²) in [6, 6.07) is 6.55. The number of nitro benzene ring substituents is 1. The van der Waals surface area contributed by atoms with Crippen LogP contribution in [0.1, 0.15) is 15.5 Å². The standard InChI is InChI=1S/C13H9N3O4S/c17-13(18)12-14-8(7-21-12)6-15-5-4-9-10(15)2-1-3-11(9)16(19)20/h1-5,7H,6H2,(H,17,18). The van der Waals surface area contributed by atoms with E-state index in [2.05, 4.69) is 4.98 Å². The van der Waals surface area contributed by atoms with E-state index >= 15 is 0 Å². The van der Waals surface area contributed by atoms with Crippen molar-refractivity contribution in [2.75, 3.05) is 0 Å². The van der Waals surface area contributed by atoms with Crippen LogP contribution in [0.3, 0.4) is 0 Å². The van der Waals surface area contributed by atoms with E-state index in [1.54, 1.807) is 29.8 Å². The number of fused-ring (bicyclic) bond motifs is 1. The molecule has 0 spiro atoms. The van der Waals surface area contributed by atoms with E-state index in [9.17, 15) is 14.9 Å². The zero-order valence-corrected chi connectivity index (χ0v) is 11.4. The summed E-state index contributed by atoms with van der Waals surface area (Å²) in [6.45, 7) is 0.369. The molecule has 1 aromatic carbocycles. The lowest BCUT2D eigenvalue weighted by Gasteiger charge is -2.02. The highest BCUT2D eigenvalue weighted by Gasteiger charge is 2.15. The number of hydrogen-bond acceptors (Lipinski definition) is 5. The normalized spacial score (nSPS) is 10.9. The molecule has 2 aromatic heterocycles. The summed E-state index contributed by atoms with van der Waals surface area (Å²) in [5.74, 6) is -1.06. The molecule has 0 atom stereocenters. The Kier molecular flexibility index (Phi) is 3.15. The maximum absolute atomic E-state index is 11.0. The lowest BCUT2D eigenvalue weighted by molar-refractivity contribution is -0.383. The van der Waals surface area contributed by atoms with Gasteiger partial charge in [0.1, 0.15) is 0 Å². The van der Waals surface area contributed by atoms with Gasteiger partial charge in [0.2, 0.25) is 5.01 Å². The lowest BCUT2D eigenvalue weighted by atomic mass is 10.2. The van der Waals surface area contributed by atoms with E-state index < -0.39 is 10.9 Å². The Morgan fingerprint density at radius 1 is 1.43 bits per heavy atom. The topological polar surface area (TPSA) is 98.3 Å². The minimum absolute atomic E-state index is 0.0347. The summed E-state index contributed by atoms with van der Waals surface area (Å²) in [5.41, 5.74) is 1.38. The number of nitro groups is 1. The third-order valence-corrected chi connectivity index (χ3v) is 3.93. The Bertz CT molecular complexity index is 852. The molecule has 106 valence electrons. The smallest absolute Gasteiger partial charge is 0.365 e. The fourth-order valence-electron chi connectivity index (χ4n) is 2.16. The van der Waals surface area contributed by atoms with Crippen LogP contribution in [0, 0.1) is 10.1 Å². The lowest BCUT2D eigenvalue weighted by Crippen LogP contribution is -2.00. The second-order valence-electron chi connectivity index (χ2n) is 4.36. The van der Waals surface area contributed by atoms with Gasteiger partial charge in [-0.1, -0.05) is 6.07 Å². The molecule has 0 bridgehead atoms. The van der Waals surface area contributed by atoms with Gasteiger partial charge in [0.15, 0.2) is 0 Å². The molecule has 0 amide bonds. The van der Waals surface area contributed by atoms with Crippen molar-refractivity contribution < 1.29 is 14.8 Å². The first-order valence-electron chi connectivity index (χ1n) is 5.96. The maximum Gasteiger partial charge on any atom is 0.365 e. The van der Waals surface area contributed by atoms with Crippen molar-refractivity contribution >= 4 is 33.9 Å². The first-order chi connectivity index (χ1) is 10.1. The van der Waals surface area contributed by atoms with Crippen molar-refractivity contribution in [3.05, 3.63) is 56.7 Å². The highest BCUT2D eigenvalue weighted by Crippen LogP contribution is 2.26. The van der Waals surface area contributed by atoms with Crippen molar-refractivity contribution in [1.82, 2.24) is 9.55 Å². The van der Waals surface area contributed by atoms with Crippen LogP contribution >= 0.6 is 11.3 Å². The van der Waals surface area contributed by atoms with Gasteiger partial charge in [-0.05, 0) is 12.1 Å². The molecule has 0 fully saturated rings. The predicted octanol–water partition coefficient (Wildman–Crippen LogP) is 2.75. The zero-order valence-electron chi connectivity index (χ0n) is 10.6. The van der Waals surface area contributed by atoms with E-state index in [4.69, 9.17) is 5.11 Å². The number of aromatic carboxylic acids is 1. The van der Waals surface area contributed by atoms with Crippen LogP contribution in [0.2, 0.25) is 0 Å². The summed E-state index contributed by atoms with van der Waals surface area (Å²) >= 11 is 1.06. The van der Waals surface area contributed by atoms with Crippen LogP contribution in [-0.2, 0) is 6.54 Å². The molecule has 0 aliphatic rings. The molecule has 21 heavy (non-hydrogen) atoms. The van der Waals surface area contributed by atoms with E-state index in [0.717, 1.165) is 11.3 Å². The highest BCUT2D eigenvalue weighted by atomic mass is 32.1. The van der Waals surface area contributed by atoms with E-state index in [-0.39, 0.29) is 10.7 Å². The maximum atomic E-state index is 11.0. The third-order valence-electron chi connectivity index (χ3n) is 3.05. The summed E-state index contributed by atoms with van der Waals surface area (Å²) < 4.78 is 1.81. The fraction of sp³-hybridized carbons (Fsp3) is 0.0769. The molecule has 0 radical (unpaired) electrons. The minimum Gasteiger partial charge on any atom is -0.476 e. The van der Waals surface area contributed by atoms with Crippen LogP contribution in [0.25, 0.3) is 10.9 Å². The molecule has 8 heteroatoms. The van der Waals surface area contributed by atoms with Crippen LogP contribution in [0.5, 0.6) is 0 Å². The average Bonchev–Trinajstić information content (AvgIpc) is 3.06. The van der Waals surface area contributed by atoms with Gasteiger partial charge < -0.3 is 9.67 Å². The van der Waals surface area contributed by atoms with Gasteiger partial charge in [-0.15, -0.1) is 11.3 Å². The minimum atomic E-state index is -1.06. The number of rotatable bonds is 4. The van der Waals surface area contributed by atoms with Gasteiger partial charge in [-0.3, -0.25) is 10.1 Å². The van der Waals surface area contributed by atoms with Gasteiger partial charge in [-0.25, -0.2) is 9.78 Å². The largest absolute Gasteiger partial charge is 0.476 e. The number of carboxylic acids is 1. The van der Waals surface area contributed by atoms with Crippen molar-refractivity contribution in [3.8, 4) is 0 Å². The van der Waals surface area contributed by atoms with Crippen molar-refractivity contribution in [2.45, 2.75) is 6.54 Å². The number of nitrogens with zero attached hydrogens (tertiary/aromatic N) is 3. The average molecular weight is 303 g/mol. The number of benzene rings is 1. The Labute approximate surface area is 122 Å². The first kappa shape index (κ1) is 13.3. The van der Waals surface area contributed by atoms with Gasteiger partial charge in [-0.2, -0.15) is 0 Å². The molecule has 0 unspecified atom stereocenters. The van der Waals surface area contributed by atoms with Gasteiger partial charge >= 0.3 is 5.97 Å². The van der Waals surface area contributed by atoms with E-state index in [1.807, 2.05) is 4.57 Å². The molecule has 7 nitrogen and oxygen atoms in total. The molecule has 3 aromatic rings. The second kappa shape index (κ2) is 4.98.